The smallest absolute Gasteiger partial charge is 0.410 e. The van der Waals surface area contributed by atoms with E-state index in [0.717, 1.165) is 90.1 Å². The molecule has 3 rings (SSSR count). The Morgan fingerprint density at radius 2 is 1.87 bits per heavy atom. The number of nitrogens with zero attached hydrogens (tertiary/aromatic N) is 2. The number of carbonyl (C=O) groups excluding carboxylic acids is 1. The monoisotopic (exact) mass is 426 g/mol. The summed E-state index contributed by atoms with van der Waals surface area (Å²) in [6.07, 6.45) is 5.33. The van der Waals surface area contributed by atoms with Crippen molar-refractivity contribution in [3.63, 3.8) is 0 Å². The summed E-state index contributed by atoms with van der Waals surface area (Å²) in [5.74, 6) is -2.01. The van der Waals surface area contributed by atoms with Gasteiger partial charge in [-0.2, -0.15) is 0 Å². The minimum absolute atomic E-state index is 0.000140. The molecule has 0 aromatic heterocycles. The second-order valence-electron chi connectivity index (χ2n) is 8.02. The minimum atomic E-state index is -1.04. The Hall–Kier alpha value is -1.77. The first-order chi connectivity index (χ1) is 14.5. The van der Waals surface area contributed by atoms with Gasteiger partial charge in [-0.05, 0) is 57.2 Å². The Balaban J connectivity index is 1.30. The molecule has 168 valence electrons. The molecule has 6 nitrogen and oxygen atoms in total. The van der Waals surface area contributed by atoms with Crippen molar-refractivity contribution in [3.8, 4) is 5.75 Å². The molecule has 2 aliphatic rings. The lowest BCUT2D eigenvalue weighted by Crippen LogP contribution is -2.42. The Morgan fingerprint density at radius 1 is 1.13 bits per heavy atom. The van der Waals surface area contributed by atoms with Crippen LogP contribution in [-0.2, 0) is 9.47 Å². The van der Waals surface area contributed by atoms with Crippen molar-refractivity contribution in [1.82, 2.24) is 9.80 Å². The Bertz CT molecular complexity index is 677. The Kier molecular flexibility index (Phi) is 8.84. The largest absolute Gasteiger partial charge is 0.415 e. The van der Waals surface area contributed by atoms with E-state index in [1.165, 1.54) is 6.07 Å². The van der Waals surface area contributed by atoms with Gasteiger partial charge in [-0.25, -0.2) is 13.6 Å². The SMILES string of the molecule is CN(C(=O)Oc1ccc(F)c(F)c1)C1CCC(OCCCCN2CCOCC2)CC1. The van der Waals surface area contributed by atoms with Crippen molar-refractivity contribution in [2.45, 2.75) is 50.7 Å². The molecule has 1 saturated heterocycles. The maximum atomic E-state index is 13.3. The Morgan fingerprint density at radius 3 is 2.57 bits per heavy atom. The predicted octanol–water partition coefficient (Wildman–Crippen LogP) is 3.84. The second-order valence-corrected chi connectivity index (χ2v) is 8.02. The van der Waals surface area contributed by atoms with Gasteiger partial charge in [0.25, 0.3) is 0 Å². The average Bonchev–Trinajstić information content (AvgIpc) is 2.77. The van der Waals surface area contributed by atoms with Gasteiger partial charge in [0.1, 0.15) is 5.75 Å². The van der Waals surface area contributed by atoms with Crippen LogP contribution < -0.4 is 4.74 Å². The zero-order valence-corrected chi connectivity index (χ0v) is 17.7. The number of hydrogen-bond acceptors (Lipinski definition) is 5. The van der Waals surface area contributed by atoms with Crippen molar-refractivity contribution in [2.75, 3.05) is 46.5 Å². The molecule has 1 heterocycles. The normalized spacial score (nSPS) is 22.6. The molecular formula is C22H32F2N2O4. The van der Waals surface area contributed by atoms with Gasteiger partial charge >= 0.3 is 6.09 Å². The van der Waals surface area contributed by atoms with E-state index < -0.39 is 17.7 Å². The predicted molar refractivity (Wildman–Crippen MR) is 109 cm³/mol. The Labute approximate surface area is 177 Å². The summed E-state index contributed by atoms with van der Waals surface area (Å²) in [5.41, 5.74) is 0. The molecule has 2 fully saturated rings. The highest BCUT2D eigenvalue weighted by Crippen LogP contribution is 2.26. The van der Waals surface area contributed by atoms with E-state index in [2.05, 4.69) is 4.90 Å². The first-order valence-electron chi connectivity index (χ1n) is 10.8. The van der Waals surface area contributed by atoms with Crippen molar-refractivity contribution in [2.24, 2.45) is 0 Å². The van der Waals surface area contributed by atoms with E-state index in [0.29, 0.717) is 0 Å². The van der Waals surface area contributed by atoms with Crippen LogP contribution in [0, 0.1) is 11.6 Å². The zero-order valence-electron chi connectivity index (χ0n) is 17.7. The van der Waals surface area contributed by atoms with Gasteiger partial charge in [-0.15, -0.1) is 0 Å². The van der Waals surface area contributed by atoms with Crippen molar-refractivity contribution >= 4 is 6.09 Å². The van der Waals surface area contributed by atoms with E-state index in [1.807, 2.05) is 0 Å². The van der Waals surface area contributed by atoms with Gasteiger partial charge in [-0.1, -0.05) is 0 Å². The van der Waals surface area contributed by atoms with Crippen molar-refractivity contribution in [3.05, 3.63) is 29.8 Å². The average molecular weight is 427 g/mol. The topological polar surface area (TPSA) is 51.2 Å². The third-order valence-corrected chi connectivity index (χ3v) is 5.90. The van der Waals surface area contributed by atoms with Gasteiger partial charge in [0.15, 0.2) is 11.6 Å². The van der Waals surface area contributed by atoms with E-state index in [-0.39, 0.29) is 17.9 Å². The fraction of sp³-hybridized carbons (Fsp3) is 0.682. The molecule has 0 atom stereocenters. The van der Waals surface area contributed by atoms with Crippen LogP contribution in [0.25, 0.3) is 0 Å². The van der Waals surface area contributed by atoms with Crippen LogP contribution in [0.15, 0.2) is 18.2 Å². The summed E-state index contributed by atoms with van der Waals surface area (Å²) in [5, 5.41) is 0. The first kappa shape index (κ1) is 22.9. The fourth-order valence-electron chi connectivity index (χ4n) is 3.97. The van der Waals surface area contributed by atoms with Gasteiger partial charge in [0, 0.05) is 38.9 Å². The third-order valence-electron chi connectivity index (χ3n) is 5.90. The quantitative estimate of drug-likeness (QED) is 0.592. The second kappa shape index (κ2) is 11.6. The molecule has 1 aliphatic heterocycles. The van der Waals surface area contributed by atoms with Crippen molar-refractivity contribution < 1.29 is 27.8 Å². The van der Waals surface area contributed by atoms with Crippen LogP contribution in [0.5, 0.6) is 5.75 Å². The highest BCUT2D eigenvalue weighted by molar-refractivity contribution is 5.70. The lowest BCUT2D eigenvalue weighted by atomic mass is 9.92. The molecule has 8 heteroatoms. The maximum Gasteiger partial charge on any atom is 0.415 e. The number of hydrogen-bond donors (Lipinski definition) is 0. The summed E-state index contributed by atoms with van der Waals surface area (Å²) in [6, 6.07) is 3.13. The summed E-state index contributed by atoms with van der Waals surface area (Å²) in [7, 11) is 1.68. The highest BCUT2D eigenvalue weighted by atomic mass is 19.2. The number of unbranched alkanes of at least 4 members (excludes halogenated alkanes) is 1. The van der Waals surface area contributed by atoms with Gasteiger partial charge in [0.2, 0.25) is 0 Å². The van der Waals surface area contributed by atoms with Crippen LogP contribution in [0.4, 0.5) is 13.6 Å². The molecule has 1 aromatic rings. The summed E-state index contributed by atoms with van der Waals surface area (Å²) >= 11 is 0. The molecule has 0 radical (unpaired) electrons. The third kappa shape index (κ3) is 6.89. The molecule has 0 N–H and O–H groups in total. The fourth-order valence-corrected chi connectivity index (χ4v) is 3.97. The molecule has 1 amide bonds. The molecule has 1 aliphatic carbocycles. The van der Waals surface area contributed by atoms with Crippen LogP contribution in [0.1, 0.15) is 38.5 Å². The molecule has 1 saturated carbocycles. The molecule has 0 spiro atoms. The van der Waals surface area contributed by atoms with Crippen LogP contribution >= 0.6 is 0 Å². The van der Waals surface area contributed by atoms with Crippen molar-refractivity contribution in [1.29, 1.82) is 0 Å². The van der Waals surface area contributed by atoms with Crippen LogP contribution in [-0.4, -0.2) is 74.5 Å². The van der Waals surface area contributed by atoms with Crippen LogP contribution in [0.2, 0.25) is 0 Å². The molecular weight excluding hydrogens is 394 g/mol. The number of morpholine rings is 1. The van der Waals surface area contributed by atoms with Gasteiger partial charge < -0.3 is 19.1 Å². The maximum absolute atomic E-state index is 13.3. The van der Waals surface area contributed by atoms with E-state index in [4.69, 9.17) is 14.2 Å². The van der Waals surface area contributed by atoms with Gasteiger partial charge in [0.05, 0.1) is 19.3 Å². The number of amides is 1. The molecule has 0 bridgehead atoms. The summed E-state index contributed by atoms with van der Waals surface area (Å²) in [6.45, 7) is 5.59. The number of rotatable bonds is 8. The lowest BCUT2D eigenvalue weighted by Gasteiger charge is -2.34. The van der Waals surface area contributed by atoms with E-state index >= 15 is 0 Å². The van der Waals surface area contributed by atoms with E-state index in [9.17, 15) is 13.6 Å². The number of carbonyl (C=O) groups is 1. The number of ether oxygens (including phenoxy) is 3. The summed E-state index contributed by atoms with van der Waals surface area (Å²) < 4.78 is 42.8. The van der Waals surface area contributed by atoms with Crippen LogP contribution in [0.3, 0.4) is 0 Å². The van der Waals surface area contributed by atoms with Gasteiger partial charge in [-0.3, -0.25) is 4.90 Å². The number of halogens is 2. The molecule has 0 unspecified atom stereocenters. The standard InChI is InChI=1S/C22H32F2N2O4/c1-25(22(27)30-19-8-9-20(23)21(24)16-19)17-4-6-18(7-5-17)29-13-3-2-10-26-11-14-28-15-12-26/h8-9,16-18H,2-7,10-15H2,1H3. The molecule has 30 heavy (non-hydrogen) atoms. The zero-order chi connectivity index (χ0) is 21.3. The number of benzene rings is 1. The molecule has 1 aromatic carbocycles. The highest BCUT2D eigenvalue weighted by Gasteiger charge is 2.28. The first-order valence-corrected chi connectivity index (χ1v) is 10.8. The van der Waals surface area contributed by atoms with E-state index in [1.54, 1.807) is 11.9 Å². The minimum Gasteiger partial charge on any atom is -0.410 e. The summed E-state index contributed by atoms with van der Waals surface area (Å²) in [4.78, 5) is 16.3. The lowest BCUT2D eigenvalue weighted by molar-refractivity contribution is 0.00731.